The fourth-order valence-corrected chi connectivity index (χ4v) is 7.19. The topological polar surface area (TPSA) is 17.1 Å². The molecule has 1 aromatic rings. The van der Waals surface area contributed by atoms with Gasteiger partial charge in [0.05, 0.1) is 8.07 Å². The second kappa shape index (κ2) is 9.29. The average molecular weight is 449 g/mol. The highest BCUT2D eigenvalue weighted by atomic mass is 28.3. The van der Waals surface area contributed by atoms with E-state index in [4.69, 9.17) is 0 Å². The average Bonchev–Trinajstić information content (AvgIpc) is 2.66. The maximum atomic E-state index is 13.0. The summed E-state index contributed by atoms with van der Waals surface area (Å²) < 4.78 is 0. The van der Waals surface area contributed by atoms with Crippen LogP contribution in [0.15, 0.2) is 35.1 Å². The molecule has 2 heteroatoms. The molecule has 174 valence electrons. The Kier molecular flexibility index (Phi) is 7.25. The Labute approximate surface area is 198 Å². The van der Waals surface area contributed by atoms with Crippen molar-refractivity contribution in [1.29, 1.82) is 0 Å². The first-order valence-electron chi connectivity index (χ1n) is 12.6. The van der Waals surface area contributed by atoms with Gasteiger partial charge in [0.25, 0.3) is 0 Å². The van der Waals surface area contributed by atoms with Crippen LogP contribution in [0, 0.1) is 0 Å². The maximum absolute atomic E-state index is 13.0. The van der Waals surface area contributed by atoms with Crippen LogP contribution in [0.1, 0.15) is 99.0 Å². The number of hydrogen-bond acceptors (Lipinski definition) is 1. The SMILES string of the molecule is C=CC(=O)c1c(CCC(=C(C)C)/C(C)=C/[Si](C)(C)C(C)(C)C)c2c(c3c1CC3)CCCC2. The molecule has 32 heavy (non-hydrogen) atoms. The molecule has 0 unspecified atom stereocenters. The molecule has 0 heterocycles. The predicted octanol–water partition coefficient (Wildman–Crippen LogP) is 8.30. The van der Waals surface area contributed by atoms with Gasteiger partial charge in [-0.25, -0.2) is 0 Å². The summed E-state index contributed by atoms with van der Waals surface area (Å²) in [6, 6.07) is 0. The van der Waals surface area contributed by atoms with E-state index in [0.29, 0.717) is 5.04 Å². The van der Waals surface area contributed by atoms with E-state index in [2.05, 4.69) is 66.9 Å². The number of allylic oxidation sites excluding steroid dienone is 4. The van der Waals surface area contributed by atoms with Crippen molar-refractivity contribution in [3.8, 4) is 0 Å². The lowest BCUT2D eigenvalue weighted by molar-refractivity contribution is 0.104. The third kappa shape index (κ3) is 4.67. The smallest absolute Gasteiger partial charge is 0.185 e. The van der Waals surface area contributed by atoms with E-state index in [1.807, 2.05) is 0 Å². The van der Waals surface area contributed by atoms with Crippen molar-refractivity contribution in [2.24, 2.45) is 0 Å². The number of carbonyl (C=O) groups is 1. The molecule has 2 aliphatic carbocycles. The fraction of sp³-hybridized carbons (Fsp3) is 0.567. The minimum absolute atomic E-state index is 0.136. The predicted molar refractivity (Wildman–Crippen MR) is 143 cm³/mol. The summed E-state index contributed by atoms with van der Waals surface area (Å²) in [6.45, 7) is 22.8. The second-order valence-electron chi connectivity index (χ2n) is 11.8. The third-order valence-corrected chi connectivity index (χ3v) is 13.5. The number of rotatable bonds is 7. The lowest BCUT2D eigenvalue weighted by Crippen LogP contribution is -2.35. The number of ketones is 1. The minimum atomic E-state index is -1.51. The Hall–Kier alpha value is -1.67. The van der Waals surface area contributed by atoms with E-state index in [1.54, 1.807) is 5.56 Å². The molecule has 0 bridgehead atoms. The molecule has 0 aliphatic heterocycles. The highest BCUT2D eigenvalue weighted by Crippen LogP contribution is 2.41. The Balaban J connectivity index is 2.01. The third-order valence-electron chi connectivity index (χ3n) is 8.44. The van der Waals surface area contributed by atoms with Crippen LogP contribution < -0.4 is 0 Å². The van der Waals surface area contributed by atoms with Crippen LogP contribution in [-0.2, 0) is 32.1 Å². The molecule has 0 saturated carbocycles. The van der Waals surface area contributed by atoms with Gasteiger partial charge >= 0.3 is 0 Å². The largest absolute Gasteiger partial charge is 0.289 e. The van der Waals surface area contributed by atoms with Crippen LogP contribution in [0.4, 0.5) is 0 Å². The van der Waals surface area contributed by atoms with Crippen molar-refractivity contribution in [2.45, 2.75) is 111 Å². The molecule has 0 N–H and O–H groups in total. The Morgan fingerprint density at radius 2 is 1.50 bits per heavy atom. The highest BCUT2D eigenvalue weighted by Gasteiger charge is 2.34. The molecular weight excluding hydrogens is 404 g/mol. The van der Waals surface area contributed by atoms with Gasteiger partial charge in [-0.2, -0.15) is 0 Å². The van der Waals surface area contributed by atoms with Gasteiger partial charge in [-0.1, -0.05) is 57.3 Å². The maximum Gasteiger partial charge on any atom is 0.185 e. The monoisotopic (exact) mass is 448 g/mol. The molecule has 2 aliphatic rings. The van der Waals surface area contributed by atoms with Crippen molar-refractivity contribution < 1.29 is 4.79 Å². The molecule has 1 aromatic carbocycles. The molecule has 0 fully saturated rings. The van der Waals surface area contributed by atoms with Crippen molar-refractivity contribution in [3.63, 3.8) is 0 Å². The molecular formula is C30H44OSi. The summed E-state index contributed by atoms with van der Waals surface area (Å²) in [5, 5.41) is 0.339. The minimum Gasteiger partial charge on any atom is -0.289 e. The lowest BCUT2D eigenvalue weighted by Gasteiger charge is -2.35. The van der Waals surface area contributed by atoms with Gasteiger partial charge in [0, 0.05) is 5.56 Å². The van der Waals surface area contributed by atoms with Crippen LogP contribution in [0.5, 0.6) is 0 Å². The molecule has 0 radical (unpaired) electrons. The van der Waals surface area contributed by atoms with Gasteiger partial charge in [0.2, 0.25) is 0 Å². The first kappa shape index (κ1) is 25.0. The van der Waals surface area contributed by atoms with Crippen molar-refractivity contribution in [3.05, 3.63) is 68.5 Å². The summed E-state index contributed by atoms with van der Waals surface area (Å²) in [5.74, 6) is 0.136. The van der Waals surface area contributed by atoms with Crippen LogP contribution in [0.25, 0.3) is 0 Å². The quantitative estimate of drug-likeness (QED) is 0.177. The molecule has 3 rings (SSSR count). The van der Waals surface area contributed by atoms with E-state index >= 15 is 0 Å². The van der Waals surface area contributed by atoms with Crippen molar-refractivity contribution in [1.82, 2.24) is 0 Å². The summed E-state index contributed by atoms with van der Waals surface area (Å²) in [4.78, 5) is 13.0. The van der Waals surface area contributed by atoms with Crippen molar-refractivity contribution in [2.75, 3.05) is 0 Å². The van der Waals surface area contributed by atoms with Gasteiger partial charge < -0.3 is 0 Å². The molecule has 0 spiro atoms. The number of carbonyl (C=O) groups excluding carboxylic acids is 1. The molecule has 0 aromatic heterocycles. The highest BCUT2D eigenvalue weighted by molar-refractivity contribution is 6.84. The second-order valence-corrected chi connectivity index (χ2v) is 17.1. The van der Waals surface area contributed by atoms with Crippen LogP contribution in [0.2, 0.25) is 18.1 Å². The van der Waals surface area contributed by atoms with Gasteiger partial charge in [0.1, 0.15) is 0 Å². The van der Waals surface area contributed by atoms with Crippen LogP contribution in [-0.4, -0.2) is 13.9 Å². The van der Waals surface area contributed by atoms with E-state index in [0.717, 1.165) is 37.7 Å². The lowest BCUT2D eigenvalue weighted by atomic mass is 9.71. The van der Waals surface area contributed by atoms with Gasteiger partial charge in [0.15, 0.2) is 5.78 Å². The van der Waals surface area contributed by atoms with Crippen molar-refractivity contribution >= 4 is 13.9 Å². The fourth-order valence-electron chi connectivity index (χ4n) is 5.50. The first-order valence-corrected chi connectivity index (χ1v) is 15.7. The van der Waals surface area contributed by atoms with E-state index < -0.39 is 8.07 Å². The molecule has 0 saturated heterocycles. The molecule has 0 amide bonds. The van der Waals surface area contributed by atoms with Gasteiger partial charge in [-0.05, 0) is 117 Å². The van der Waals surface area contributed by atoms with E-state index in [-0.39, 0.29) is 5.78 Å². The zero-order valence-electron chi connectivity index (χ0n) is 21.9. The Bertz CT molecular complexity index is 991. The Morgan fingerprint density at radius 3 is 2.00 bits per heavy atom. The van der Waals surface area contributed by atoms with E-state index in [9.17, 15) is 4.79 Å². The van der Waals surface area contributed by atoms with Gasteiger partial charge in [-0.15, -0.1) is 0 Å². The number of benzene rings is 1. The number of hydrogen-bond donors (Lipinski definition) is 0. The summed E-state index contributed by atoms with van der Waals surface area (Å²) in [5.41, 5.74) is 15.3. The summed E-state index contributed by atoms with van der Waals surface area (Å²) in [6.07, 6.45) is 10.6. The van der Waals surface area contributed by atoms with Crippen LogP contribution in [0.3, 0.4) is 0 Å². The Morgan fingerprint density at radius 1 is 0.938 bits per heavy atom. The van der Waals surface area contributed by atoms with E-state index in [1.165, 1.54) is 64.3 Å². The normalized spacial score (nSPS) is 16.1. The standard InChI is InChI=1S/C30H44OSi/c1-10-28(31)29-26(24-14-12-11-13-23(24)25-16-18-27(25)29)17-15-22(20(2)3)21(4)19-32(8,9)30(5,6)7/h10,19H,1,11-18H2,2-9H3/b21-19+. The molecule has 1 nitrogen and oxygen atoms in total. The zero-order valence-corrected chi connectivity index (χ0v) is 22.9. The van der Waals surface area contributed by atoms with Crippen LogP contribution >= 0.6 is 0 Å². The summed E-state index contributed by atoms with van der Waals surface area (Å²) in [7, 11) is -1.51. The van der Waals surface area contributed by atoms with Gasteiger partial charge in [-0.3, -0.25) is 4.79 Å². The zero-order chi connectivity index (χ0) is 23.8. The molecule has 0 atom stereocenters. The number of fused-ring (bicyclic) bond motifs is 3. The first-order chi connectivity index (χ1) is 14.9. The summed E-state index contributed by atoms with van der Waals surface area (Å²) >= 11 is 0.